The molecule has 2 aromatic carbocycles. The molecule has 0 radical (unpaired) electrons. The molecular weight excluding hydrogens is 359 g/mol. The molecule has 0 aromatic heterocycles. The minimum atomic E-state index is 0.0803. The quantitative estimate of drug-likeness (QED) is 0.849. The van der Waals surface area contributed by atoms with Crippen LogP contribution in [0.4, 0.5) is 0 Å². The van der Waals surface area contributed by atoms with Gasteiger partial charge in [-0.3, -0.25) is 4.90 Å². The summed E-state index contributed by atoms with van der Waals surface area (Å²) in [5, 5.41) is 4.54. The van der Waals surface area contributed by atoms with Crippen LogP contribution in [-0.4, -0.2) is 45.3 Å². The van der Waals surface area contributed by atoms with E-state index in [1.54, 1.807) is 14.2 Å². The van der Waals surface area contributed by atoms with E-state index in [9.17, 15) is 0 Å². The number of nitrogens with one attached hydrogen (secondary N) is 1. The molecule has 134 valence electrons. The second kappa shape index (κ2) is 8.28. The maximum Gasteiger partial charge on any atom is 0.161 e. The first-order valence-electron chi connectivity index (χ1n) is 8.25. The fourth-order valence-electron chi connectivity index (χ4n) is 3.26. The van der Waals surface area contributed by atoms with Gasteiger partial charge in [-0.1, -0.05) is 35.3 Å². The summed E-state index contributed by atoms with van der Waals surface area (Å²) >= 11 is 12.4. The first-order valence-corrected chi connectivity index (χ1v) is 9.01. The summed E-state index contributed by atoms with van der Waals surface area (Å²) in [6.45, 7) is 3.84. The number of rotatable bonds is 5. The molecule has 4 nitrogen and oxygen atoms in total. The van der Waals surface area contributed by atoms with E-state index in [-0.39, 0.29) is 6.04 Å². The summed E-state index contributed by atoms with van der Waals surface area (Å²) in [7, 11) is 3.30. The minimum Gasteiger partial charge on any atom is -0.493 e. The predicted octanol–water partition coefficient (Wildman–Crippen LogP) is 4.01. The maximum atomic E-state index is 6.28. The molecule has 0 saturated carbocycles. The Hall–Kier alpha value is -1.46. The standard InChI is InChI=1S/C19H22Cl2N2O2/c1-24-17-6-4-14(12-18(17)25-2)19(23-9-7-22-8-10-23)13-3-5-15(20)16(21)11-13/h3-6,11-12,19,22H,7-10H2,1-2H3. The van der Waals surface area contributed by atoms with Gasteiger partial charge >= 0.3 is 0 Å². The van der Waals surface area contributed by atoms with Crippen molar-refractivity contribution in [1.82, 2.24) is 10.2 Å². The van der Waals surface area contributed by atoms with E-state index in [1.807, 2.05) is 30.3 Å². The molecule has 1 heterocycles. The van der Waals surface area contributed by atoms with Crippen molar-refractivity contribution in [2.45, 2.75) is 6.04 Å². The highest BCUT2D eigenvalue weighted by atomic mass is 35.5. The molecule has 2 aromatic rings. The van der Waals surface area contributed by atoms with Crippen molar-refractivity contribution in [3.8, 4) is 11.5 Å². The third-order valence-corrected chi connectivity index (χ3v) is 5.24. The topological polar surface area (TPSA) is 33.7 Å². The molecule has 0 bridgehead atoms. The first kappa shape index (κ1) is 18.3. The van der Waals surface area contributed by atoms with E-state index in [0.717, 1.165) is 48.8 Å². The largest absolute Gasteiger partial charge is 0.493 e. The Morgan fingerprint density at radius 3 is 2.16 bits per heavy atom. The van der Waals surface area contributed by atoms with Gasteiger partial charge in [0.05, 0.1) is 30.3 Å². The van der Waals surface area contributed by atoms with Gasteiger partial charge in [0.25, 0.3) is 0 Å². The molecule has 0 amide bonds. The summed E-state index contributed by atoms with van der Waals surface area (Å²) in [6, 6.07) is 12.0. The van der Waals surface area contributed by atoms with Crippen LogP contribution in [0.3, 0.4) is 0 Å². The molecule has 1 aliphatic rings. The maximum absolute atomic E-state index is 6.28. The molecule has 3 rings (SSSR count). The fraction of sp³-hybridized carbons (Fsp3) is 0.368. The van der Waals surface area contributed by atoms with E-state index in [4.69, 9.17) is 32.7 Å². The van der Waals surface area contributed by atoms with Crippen LogP contribution in [-0.2, 0) is 0 Å². The van der Waals surface area contributed by atoms with Crippen molar-refractivity contribution in [3.63, 3.8) is 0 Å². The number of hydrogen-bond donors (Lipinski definition) is 1. The Bertz CT molecular complexity index is 733. The molecular formula is C19H22Cl2N2O2. The Labute approximate surface area is 158 Å². The van der Waals surface area contributed by atoms with Crippen LogP contribution < -0.4 is 14.8 Å². The van der Waals surface area contributed by atoms with Crippen LogP contribution in [0, 0.1) is 0 Å². The monoisotopic (exact) mass is 380 g/mol. The van der Waals surface area contributed by atoms with E-state index >= 15 is 0 Å². The number of methoxy groups -OCH3 is 2. The van der Waals surface area contributed by atoms with Gasteiger partial charge in [0.1, 0.15) is 0 Å². The molecule has 1 atom stereocenters. The van der Waals surface area contributed by atoms with Gasteiger partial charge in [-0.15, -0.1) is 0 Å². The molecule has 6 heteroatoms. The molecule has 1 saturated heterocycles. The highest BCUT2D eigenvalue weighted by molar-refractivity contribution is 6.42. The number of benzene rings is 2. The lowest BCUT2D eigenvalue weighted by Crippen LogP contribution is -2.45. The van der Waals surface area contributed by atoms with Crippen molar-refractivity contribution in [3.05, 3.63) is 57.6 Å². The average Bonchev–Trinajstić information content (AvgIpc) is 2.65. The highest BCUT2D eigenvalue weighted by Gasteiger charge is 2.25. The summed E-state index contributed by atoms with van der Waals surface area (Å²) in [5.41, 5.74) is 2.25. The number of hydrogen-bond acceptors (Lipinski definition) is 4. The third kappa shape index (κ3) is 4.04. The molecule has 1 aliphatic heterocycles. The molecule has 1 N–H and O–H groups in total. The summed E-state index contributed by atoms with van der Waals surface area (Å²) in [6.07, 6.45) is 0. The predicted molar refractivity (Wildman–Crippen MR) is 102 cm³/mol. The molecule has 0 spiro atoms. The van der Waals surface area contributed by atoms with Crippen molar-refractivity contribution in [1.29, 1.82) is 0 Å². The lowest BCUT2D eigenvalue weighted by molar-refractivity contribution is 0.198. The van der Waals surface area contributed by atoms with Gasteiger partial charge in [-0.2, -0.15) is 0 Å². The van der Waals surface area contributed by atoms with Gasteiger partial charge in [-0.05, 0) is 35.4 Å². The zero-order valence-electron chi connectivity index (χ0n) is 14.4. The normalized spacial score (nSPS) is 16.5. The third-order valence-electron chi connectivity index (χ3n) is 4.50. The number of halogens is 2. The lowest BCUT2D eigenvalue weighted by atomic mass is 9.96. The number of nitrogens with zero attached hydrogens (tertiary/aromatic N) is 1. The van der Waals surface area contributed by atoms with Crippen LogP contribution >= 0.6 is 23.2 Å². The van der Waals surface area contributed by atoms with Crippen LogP contribution in [0.1, 0.15) is 17.2 Å². The Kier molecular flexibility index (Phi) is 6.07. The molecule has 25 heavy (non-hydrogen) atoms. The second-order valence-corrected chi connectivity index (χ2v) is 6.79. The van der Waals surface area contributed by atoms with Crippen molar-refractivity contribution in [2.75, 3.05) is 40.4 Å². The highest BCUT2D eigenvalue weighted by Crippen LogP contribution is 2.37. The fourth-order valence-corrected chi connectivity index (χ4v) is 3.57. The van der Waals surface area contributed by atoms with E-state index in [1.165, 1.54) is 0 Å². The Morgan fingerprint density at radius 1 is 0.880 bits per heavy atom. The lowest BCUT2D eigenvalue weighted by Gasteiger charge is -2.36. The molecule has 1 unspecified atom stereocenters. The van der Waals surface area contributed by atoms with Crippen LogP contribution in [0.25, 0.3) is 0 Å². The zero-order chi connectivity index (χ0) is 17.8. The van der Waals surface area contributed by atoms with Gasteiger partial charge in [-0.25, -0.2) is 0 Å². The number of piperazine rings is 1. The summed E-state index contributed by atoms with van der Waals surface area (Å²) in [4.78, 5) is 2.44. The van der Waals surface area contributed by atoms with Crippen LogP contribution in [0.5, 0.6) is 11.5 Å². The average molecular weight is 381 g/mol. The smallest absolute Gasteiger partial charge is 0.161 e. The molecule has 0 aliphatic carbocycles. The van der Waals surface area contributed by atoms with Crippen LogP contribution in [0.15, 0.2) is 36.4 Å². The molecule has 1 fully saturated rings. The van der Waals surface area contributed by atoms with E-state index in [0.29, 0.717) is 10.0 Å². The van der Waals surface area contributed by atoms with E-state index in [2.05, 4.69) is 16.3 Å². The number of ether oxygens (including phenoxy) is 2. The van der Waals surface area contributed by atoms with Crippen molar-refractivity contribution in [2.24, 2.45) is 0 Å². The van der Waals surface area contributed by atoms with Crippen LogP contribution in [0.2, 0.25) is 10.0 Å². The van der Waals surface area contributed by atoms with Gasteiger partial charge in [0.15, 0.2) is 11.5 Å². The minimum absolute atomic E-state index is 0.0803. The van der Waals surface area contributed by atoms with Crippen molar-refractivity contribution >= 4 is 23.2 Å². The Morgan fingerprint density at radius 2 is 1.52 bits per heavy atom. The Balaban J connectivity index is 2.05. The van der Waals surface area contributed by atoms with Gasteiger partial charge in [0.2, 0.25) is 0 Å². The second-order valence-electron chi connectivity index (χ2n) is 5.98. The van der Waals surface area contributed by atoms with Gasteiger partial charge in [0, 0.05) is 26.2 Å². The van der Waals surface area contributed by atoms with Gasteiger partial charge < -0.3 is 14.8 Å². The van der Waals surface area contributed by atoms with Crippen molar-refractivity contribution < 1.29 is 9.47 Å². The zero-order valence-corrected chi connectivity index (χ0v) is 15.9. The SMILES string of the molecule is COc1ccc(C(c2ccc(Cl)c(Cl)c2)N2CCNCC2)cc1OC. The summed E-state index contributed by atoms with van der Waals surface area (Å²) < 4.78 is 10.9. The summed E-state index contributed by atoms with van der Waals surface area (Å²) in [5.74, 6) is 1.44. The first-order chi connectivity index (χ1) is 12.1. The van der Waals surface area contributed by atoms with E-state index < -0.39 is 0 Å².